The Hall–Kier alpha value is -0.410. The zero-order chi connectivity index (χ0) is 8.97. The molecule has 0 radical (unpaired) electrons. The van der Waals surface area contributed by atoms with Crippen molar-refractivity contribution in [2.45, 2.75) is 38.6 Å². The van der Waals surface area contributed by atoms with E-state index < -0.39 is 0 Å². The predicted molar refractivity (Wildman–Crippen MR) is 44.7 cm³/mol. The molecule has 0 aromatic heterocycles. The molecule has 1 saturated heterocycles. The van der Waals surface area contributed by atoms with Crippen LogP contribution in [-0.2, 0) is 14.3 Å². The van der Waals surface area contributed by atoms with Crippen molar-refractivity contribution in [3.63, 3.8) is 0 Å². The fourth-order valence-corrected chi connectivity index (χ4v) is 1.61. The Morgan fingerprint density at radius 2 is 2.33 bits per heavy atom. The van der Waals surface area contributed by atoms with Crippen LogP contribution in [0.15, 0.2) is 0 Å². The van der Waals surface area contributed by atoms with E-state index in [1.807, 2.05) is 0 Å². The van der Waals surface area contributed by atoms with Crippen LogP contribution in [-0.4, -0.2) is 25.8 Å². The first-order chi connectivity index (χ1) is 5.76. The first kappa shape index (κ1) is 9.68. The Morgan fingerprint density at radius 3 is 2.92 bits per heavy atom. The maximum atomic E-state index is 10.3. The monoisotopic (exact) mass is 172 g/mol. The molecule has 0 aromatic carbocycles. The zero-order valence-corrected chi connectivity index (χ0v) is 7.66. The average molecular weight is 172 g/mol. The fraction of sp³-hybridized carbons (Fsp3) is 0.889. The minimum Gasteiger partial charge on any atom is -0.356 e. The molecule has 12 heavy (non-hydrogen) atoms. The number of hydrogen-bond donors (Lipinski definition) is 0. The van der Waals surface area contributed by atoms with Crippen LogP contribution >= 0.6 is 0 Å². The molecule has 1 aliphatic heterocycles. The Balaban J connectivity index is 2.39. The van der Waals surface area contributed by atoms with E-state index in [-0.39, 0.29) is 12.4 Å². The third-order valence-electron chi connectivity index (χ3n) is 2.23. The van der Waals surface area contributed by atoms with Crippen molar-refractivity contribution in [1.29, 1.82) is 0 Å². The van der Waals surface area contributed by atoms with E-state index in [0.29, 0.717) is 12.3 Å². The number of methoxy groups -OCH3 is 1. The first-order valence-electron chi connectivity index (χ1n) is 4.38. The van der Waals surface area contributed by atoms with E-state index in [0.717, 1.165) is 19.1 Å². The second-order valence-electron chi connectivity index (χ2n) is 3.40. The summed E-state index contributed by atoms with van der Waals surface area (Å²) < 4.78 is 10.6. The van der Waals surface area contributed by atoms with Crippen LogP contribution in [0.2, 0.25) is 0 Å². The Labute approximate surface area is 73.0 Å². The summed E-state index contributed by atoms with van der Waals surface area (Å²) in [7, 11) is 1.64. The second kappa shape index (κ2) is 4.58. The minimum atomic E-state index is -0.112. The van der Waals surface area contributed by atoms with E-state index in [9.17, 15) is 4.79 Å². The second-order valence-corrected chi connectivity index (χ2v) is 3.40. The molecule has 1 rings (SSSR count). The third kappa shape index (κ3) is 2.57. The molecule has 0 spiro atoms. The van der Waals surface area contributed by atoms with E-state index in [2.05, 4.69) is 6.92 Å². The molecule has 3 nitrogen and oxygen atoms in total. The van der Waals surface area contributed by atoms with Gasteiger partial charge in [0.15, 0.2) is 6.29 Å². The molecule has 1 aliphatic rings. The smallest absolute Gasteiger partial charge is 0.157 e. The molecule has 0 N–H and O–H groups in total. The zero-order valence-electron chi connectivity index (χ0n) is 7.66. The molecular formula is C9H16O3. The highest BCUT2D eigenvalue weighted by Crippen LogP contribution is 2.25. The summed E-state index contributed by atoms with van der Waals surface area (Å²) in [6, 6.07) is 0. The SMILES string of the molecule is COC1CC(C)CC(CC=O)O1. The van der Waals surface area contributed by atoms with Crippen LogP contribution in [0.25, 0.3) is 0 Å². The lowest BCUT2D eigenvalue weighted by atomic mass is 9.95. The van der Waals surface area contributed by atoms with Crippen LogP contribution in [0.3, 0.4) is 0 Å². The van der Waals surface area contributed by atoms with Crippen LogP contribution in [0.4, 0.5) is 0 Å². The topological polar surface area (TPSA) is 35.5 Å². The van der Waals surface area contributed by atoms with Gasteiger partial charge in [0, 0.05) is 20.0 Å². The van der Waals surface area contributed by atoms with Gasteiger partial charge in [-0.15, -0.1) is 0 Å². The van der Waals surface area contributed by atoms with Crippen LogP contribution in [0, 0.1) is 5.92 Å². The van der Waals surface area contributed by atoms with Gasteiger partial charge >= 0.3 is 0 Å². The van der Waals surface area contributed by atoms with Crippen LogP contribution in [0.1, 0.15) is 26.2 Å². The van der Waals surface area contributed by atoms with Crippen LogP contribution in [0.5, 0.6) is 0 Å². The fourth-order valence-electron chi connectivity index (χ4n) is 1.61. The van der Waals surface area contributed by atoms with Gasteiger partial charge in [-0.3, -0.25) is 0 Å². The van der Waals surface area contributed by atoms with Gasteiger partial charge in [-0.2, -0.15) is 0 Å². The Kier molecular flexibility index (Phi) is 3.69. The van der Waals surface area contributed by atoms with E-state index in [4.69, 9.17) is 9.47 Å². The summed E-state index contributed by atoms with van der Waals surface area (Å²) >= 11 is 0. The molecule has 3 unspecified atom stereocenters. The Bertz CT molecular complexity index is 147. The summed E-state index contributed by atoms with van der Waals surface area (Å²) in [4.78, 5) is 10.3. The lowest BCUT2D eigenvalue weighted by molar-refractivity contribution is -0.191. The normalized spacial score (nSPS) is 36.3. The minimum absolute atomic E-state index is 0.0659. The molecule has 0 bridgehead atoms. The molecule has 0 saturated carbocycles. The highest BCUT2D eigenvalue weighted by Gasteiger charge is 2.26. The quantitative estimate of drug-likeness (QED) is 0.603. The largest absolute Gasteiger partial charge is 0.356 e. The van der Waals surface area contributed by atoms with Crippen molar-refractivity contribution in [1.82, 2.24) is 0 Å². The van der Waals surface area contributed by atoms with Crippen molar-refractivity contribution < 1.29 is 14.3 Å². The molecule has 1 heterocycles. The number of ether oxygens (including phenoxy) is 2. The first-order valence-corrected chi connectivity index (χ1v) is 4.38. The molecule has 0 aromatic rings. The number of hydrogen-bond acceptors (Lipinski definition) is 3. The van der Waals surface area contributed by atoms with E-state index >= 15 is 0 Å². The average Bonchev–Trinajstić information content (AvgIpc) is 2.04. The third-order valence-corrected chi connectivity index (χ3v) is 2.23. The van der Waals surface area contributed by atoms with Gasteiger partial charge in [-0.25, -0.2) is 0 Å². The van der Waals surface area contributed by atoms with Crippen molar-refractivity contribution in [2.24, 2.45) is 5.92 Å². The van der Waals surface area contributed by atoms with Gasteiger partial charge < -0.3 is 14.3 Å². The van der Waals surface area contributed by atoms with Gasteiger partial charge in [-0.05, 0) is 12.3 Å². The number of carbonyl (C=O) groups is 1. The van der Waals surface area contributed by atoms with Gasteiger partial charge in [0.25, 0.3) is 0 Å². The molecule has 70 valence electrons. The molecule has 1 fully saturated rings. The lowest BCUT2D eigenvalue weighted by Gasteiger charge is -2.32. The summed E-state index contributed by atoms with van der Waals surface area (Å²) in [6.45, 7) is 2.16. The van der Waals surface area contributed by atoms with Crippen molar-refractivity contribution in [2.75, 3.05) is 7.11 Å². The van der Waals surface area contributed by atoms with Crippen molar-refractivity contribution in [3.05, 3.63) is 0 Å². The van der Waals surface area contributed by atoms with E-state index in [1.165, 1.54) is 0 Å². The number of aldehydes is 1. The van der Waals surface area contributed by atoms with Gasteiger partial charge in [-0.1, -0.05) is 6.92 Å². The molecule has 0 amide bonds. The van der Waals surface area contributed by atoms with E-state index in [1.54, 1.807) is 7.11 Å². The Morgan fingerprint density at radius 1 is 1.58 bits per heavy atom. The summed E-state index contributed by atoms with van der Waals surface area (Å²) in [5.74, 6) is 0.591. The lowest BCUT2D eigenvalue weighted by Crippen LogP contribution is -2.33. The predicted octanol–water partition coefficient (Wildman–Crippen LogP) is 1.36. The number of rotatable bonds is 3. The number of carbonyl (C=O) groups excluding carboxylic acids is 1. The van der Waals surface area contributed by atoms with Gasteiger partial charge in [0.1, 0.15) is 6.29 Å². The molecular weight excluding hydrogens is 156 g/mol. The summed E-state index contributed by atoms with van der Waals surface area (Å²) in [5.41, 5.74) is 0. The standard InChI is InChI=1S/C9H16O3/c1-7-5-8(3-4-10)12-9(6-7)11-2/h4,7-9H,3,5-6H2,1-2H3. The highest BCUT2D eigenvalue weighted by atomic mass is 16.7. The van der Waals surface area contributed by atoms with Crippen molar-refractivity contribution >= 4 is 6.29 Å². The van der Waals surface area contributed by atoms with Crippen LogP contribution < -0.4 is 0 Å². The maximum Gasteiger partial charge on any atom is 0.157 e. The van der Waals surface area contributed by atoms with Gasteiger partial charge in [0.2, 0.25) is 0 Å². The molecule has 3 heteroatoms. The summed E-state index contributed by atoms with van der Waals surface area (Å²) in [6.07, 6.45) is 3.26. The summed E-state index contributed by atoms with van der Waals surface area (Å²) in [5, 5.41) is 0. The van der Waals surface area contributed by atoms with Gasteiger partial charge in [0.05, 0.1) is 6.10 Å². The maximum absolute atomic E-state index is 10.3. The highest BCUT2D eigenvalue weighted by molar-refractivity contribution is 5.50. The molecule has 0 aliphatic carbocycles. The molecule has 3 atom stereocenters. The van der Waals surface area contributed by atoms with Crippen molar-refractivity contribution in [3.8, 4) is 0 Å².